The largest absolute Gasteiger partial charge is 0.396 e. The molecule has 1 aliphatic rings. The molecular formula is C9H15NO2. The van der Waals surface area contributed by atoms with Crippen LogP contribution in [0.4, 0.5) is 0 Å². The Morgan fingerprint density at radius 1 is 1.83 bits per heavy atom. The Labute approximate surface area is 72.5 Å². The van der Waals surface area contributed by atoms with Crippen LogP contribution in [0, 0.1) is 11.8 Å². The van der Waals surface area contributed by atoms with Crippen molar-refractivity contribution in [1.82, 2.24) is 5.32 Å². The van der Waals surface area contributed by atoms with Crippen LogP contribution in [0.5, 0.6) is 0 Å². The smallest absolute Gasteiger partial charge is 0.223 e. The van der Waals surface area contributed by atoms with Gasteiger partial charge in [0.05, 0.1) is 0 Å². The van der Waals surface area contributed by atoms with Gasteiger partial charge in [-0.15, -0.1) is 0 Å². The Morgan fingerprint density at radius 2 is 2.50 bits per heavy atom. The van der Waals surface area contributed by atoms with E-state index in [-0.39, 0.29) is 24.3 Å². The van der Waals surface area contributed by atoms with Gasteiger partial charge in [-0.3, -0.25) is 4.79 Å². The van der Waals surface area contributed by atoms with Gasteiger partial charge in [-0.05, 0) is 13.3 Å². The molecule has 0 aromatic carbocycles. The quantitative estimate of drug-likeness (QED) is 0.597. The highest BCUT2D eigenvalue weighted by atomic mass is 16.3. The number of carbonyl (C=O) groups excluding carboxylic acids is 1. The summed E-state index contributed by atoms with van der Waals surface area (Å²) in [5, 5.41) is 11.5. The summed E-state index contributed by atoms with van der Waals surface area (Å²) < 4.78 is 0. The minimum absolute atomic E-state index is 0.0528. The summed E-state index contributed by atoms with van der Waals surface area (Å²) in [5.74, 6) is 0.203. The molecular weight excluding hydrogens is 154 g/mol. The first-order chi connectivity index (χ1) is 5.66. The molecule has 0 aromatic heterocycles. The van der Waals surface area contributed by atoms with Crippen LogP contribution in [-0.2, 0) is 4.79 Å². The molecule has 3 heteroatoms. The Bertz CT molecular complexity index is 201. The average molecular weight is 169 g/mol. The van der Waals surface area contributed by atoms with E-state index in [4.69, 9.17) is 5.11 Å². The maximum Gasteiger partial charge on any atom is 0.223 e. The number of rotatable bonds is 3. The number of hydrogen-bond acceptors (Lipinski definition) is 2. The number of carbonyl (C=O) groups is 1. The Kier molecular flexibility index (Phi) is 2.87. The van der Waals surface area contributed by atoms with Gasteiger partial charge >= 0.3 is 0 Å². The van der Waals surface area contributed by atoms with E-state index in [0.717, 1.165) is 5.57 Å². The van der Waals surface area contributed by atoms with E-state index in [1.54, 1.807) is 0 Å². The molecule has 0 aromatic rings. The number of nitrogens with one attached hydrogen (secondary N) is 1. The van der Waals surface area contributed by atoms with Gasteiger partial charge < -0.3 is 10.4 Å². The summed E-state index contributed by atoms with van der Waals surface area (Å²) in [6.07, 6.45) is 0.545. The van der Waals surface area contributed by atoms with Crippen LogP contribution >= 0.6 is 0 Å². The number of aliphatic hydroxyl groups excluding tert-OH is 1. The molecule has 12 heavy (non-hydrogen) atoms. The van der Waals surface area contributed by atoms with Crippen molar-refractivity contribution in [2.45, 2.75) is 13.3 Å². The molecule has 3 nitrogen and oxygen atoms in total. The zero-order chi connectivity index (χ0) is 9.14. The number of amides is 1. The predicted octanol–water partition coefficient (Wildman–Crippen LogP) is 0.307. The van der Waals surface area contributed by atoms with E-state index >= 15 is 0 Å². The Hall–Kier alpha value is -0.830. The molecule has 0 bridgehead atoms. The molecule has 2 unspecified atom stereocenters. The molecule has 1 fully saturated rings. The van der Waals surface area contributed by atoms with Crippen molar-refractivity contribution in [2.24, 2.45) is 11.8 Å². The van der Waals surface area contributed by atoms with E-state index < -0.39 is 0 Å². The van der Waals surface area contributed by atoms with E-state index in [9.17, 15) is 4.79 Å². The van der Waals surface area contributed by atoms with Crippen molar-refractivity contribution < 1.29 is 9.90 Å². The van der Waals surface area contributed by atoms with Gasteiger partial charge in [-0.2, -0.15) is 0 Å². The van der Waals surface area contributed by atoms with E-state index in [0.29, 0.717) is 13.0 Å². The number of aliphatic hydroxyl groups is 1. The van der Waals surface area contributed by atoms with Crippen LogP contribution in [0.15, 0.2) is 12.2 Å². The lowest BCUT2D eigenvalue weighted by Crippen LogP contribution is -2.20. The molecule has 1 aliphatic heterocycles. The van der Waals surface area contributed by atoms with E-state index in [1.807, 2.05) is 6.92 Å². The summed E-state index contributed by atoms with van der Waals surface area (Å²) in [6.45, 7) is 6.51. The van der Waals surface area contributed by atoms with Crippen LogP contribution in [-0.4, -0.2) is 24.2 Å². The van der Waals surface area contributed by atoms with Crippen LogP contribution in [0.1, 0.15) is 13.3 Å². The van der Waals surface area contributed by atoms with Gasteiger partial charge in [0.1, 0.15) is 0 Å². The van der Waals surface area contributed by atoms with Gasteiger partial charge in [0.25, 0.3) is 0 Å². The van der Waals surface area contributed by atoms with Gasteiger partial charge in [-0.25, -0.2) is 0 Å². The molecule has 1 saturated heterocycles. The molecule has 0 radical (unpaired) electrons. The minimum atomic E-state index is -0.0625. The van der Waals surface area contributed by atoms with Crippen molar-refractivity contribution in [3.8, 4) is 0 Å². The molecule has 1 heterocycles. The fraction of sp³-hybridized carbons (Fsp3) is 0.667. The van der Waals surface area contributed by atoms with Crippen molar-refractivity contribution in [3.05, 3.63) is 12.2 Å². The lowest BCUT2D eigenvalue weighted by Gasteiger charge is -2.14. The summed E-state index contributed by atoms with van der Waals surface area (Å²) in [6, 6.07) is 0. The Morgan fingerprint density at radius 3 is 3.00 bits per heavy atom. The van der Waals surface area contributed by atoms with Crippen molar-refractivity contribution in [2.75, 3.05) is 13.2 Å². The van der Waals surface area contributed by atoms with Crippen LogP contribution < -0.4 is 5.32 Å². The lowest BCUT2D eigenvalue weighted by atomic mass is 9.88. The normalized spacial score (nSPS) is 28.7. The predicted molar refractivity (Wildman–Crippen MR) is 46.5 cm³/mol. The first kappa shape index (κ1) is 9.26. The van der Waals surface area contributed by atoms with Gasteiger partial charge in [0, 0.05) is 25.0 Å². The average Bonchev–Trinajstić information content (AvgIpc) is 2.34. The second kappa shape index (κ2) is 3.72. The highest BCUT2D eigenvalue weighted by molar-refractivity contribution is 5.81. The van der Waals surface area contributed by atoms with E-state index in [1.165, 1.54) is 0 Å². The van der Waals surface area contributed by atoms with Crippen molar-refractivity contribution >= 4 is 5.91 Å². The summed E-state index contributed by atoms with van der Waals surface area (Å²) in [7, 11) is 0. The third kappa shape index (κ3) is 1.67. The Balaban J connectivity index is 2.63. The topological polar surface area (TPSA) is 49.3 Å². The third-order valence-corrected chi connectivity index (χ3v) is 2.39. The first-order valence-corrected chi connectivity index (χ1v) is 4.20. The zero-order valence-electron chi connectivity index (χ0n) is 7.34. The minimum Gasteiger partial charge on any atom is -0.396 e. The molecule has 2 N–H and O–H groups in total. The van der Waals surface area contributed by atoms with Crippen molar-refractivity contribution in [1.29, 1.82) is 0 Å². The summed E-state index contributed by atoms with van der Waals surface area (Å²) in [5.41, 5.74) is 1.02. The maximum absolute atomic E-state index is 11.2. The molecule has 0 saturated carbocycles. The van der Waals surface area contributed by atoms with Gasteiger partial charge in [-0.1, -0.05) is 12.2 Å². The second-order valence-corrected chi connectivity index (χ2v) is 3.32. The molecule has 0 aliphatic carbocycles. The van der Waals surface area contributed by atoms with Gasteiger partial charge in [0.15, 0.2) is 0 Å². The molecule has 68 valence electrons. The van der Waals surface area contributed by atoms with Crippen LogP contribution in [0.25, 0.3) is 0 Å². The first-order valence-electron chi connectivity index (χ1n) is 4.20. The molecule has 0 spiro atoms. The highest BCUT2D eigenvalue weighted by Gasteiger charge is 2.33. The maximum atomic E-state index is 11.2. The summed E-state index contributed by atoms with van der Waals surface area (Å²) >= 11 is 0. The molecule has 1 rings (SSSR count). The second-order valence-electron chi connectivity index (χ2n) is 3.32. The van der Waals surface area contributed by atoms with Crippen molar-refractivity contribution in [3.63, 3.8) is 0 Å². The monoisotopic (exact) mass is 169 g/mol. The fourth-order valence-electron chi connectivity index (χ4n) is 1.66. The summed E-state index contributed by atoms with van der Waals surface area (Å²) in [4.78, 5) is 11.2. The highest BCUT2D eigenvalue weighted by Crippen LogP contribution is 2.26. The standard InChI is InChI=1S/C9H15NO2/c1-6(2)8-5-10-9(12)7(8)3-4-11/h7-8,11H,1,3-5H2,2H3,(H,10,12). The third-order valence-electron chi connectivity index (χ3n) is 2.39. The molecule has 1 amide bonds. The van der Waals surface area contributed by atoms with Crippen LogP contribution in [0.2, 0.25) is 0 Å². The number of hydrogen-bond donors (Lipinski definition) is 2. The van der Waals surface area contributed by atoms with E-state index in [2.05, 4.69) is 11.9 Å². The van der Waals surface area contributed by atoms with Gasteiger partial charge in [0.2, 0.25) is 5.91 Å². The fourth-order valence-corrected chi connectivity index (χ4v) is 1.66. The SMILES string of the molecule is C=C(C)C1CNC(=O)C1CCO. The lowest BCUT2D eigenvalue weighted by molar-refractivity contribution is -0.123. The van der Waals surface area contributed by atoms with Crippen LogP contribution in [0.3, 0.4) is 0 Å². The molecule has 2 atom stereocenters. The zero-order valence-corrected chi connectivity index (χ0v) is 7.34.